The number of nitrogens with one attached hydrogen (secondary N) is 1. The van der Waals surface area contributed by atoms with Crippen molar-refractivity contribution >= 4 is 0 Å². The van der Waals surface area contributed by atoms with E-state index in [-0.39, 0.29) is 19.3 Å². The van der Waals surface area contributed by atoms with Crippen LogP contribution in [0.2, 0.25) is 0 Å². The molecule has 0 fully saturated rings. The highest BCUT2D eigenvalue weighted by Gasteiger charge is 2.09. The van der Waals surface area contributed by atoms with Crippen LogP contribution in [0.15, 0.2) is 24.3 Å². The van der Waals surface area contributed by atoms with E-state index in [0.29, 0.717) is 6.61 Å². The molecule has 0 radical (unpaired) electrons. The Labute approximate surface area is 127 Å². The van der Waals surface area contributed by atoms with Gasteiger partial charge < -0.3 is 24.6 Å². The predicted molar refractivity (Wildman–Crippen MR) is 82.6 cm³/mol. The van der Waals surface area contributed by atoms with E-state index in [1.807, 2.05) is 31.2 Å². The van der Waals surface area contributed by atoms with Crippen LogP contribution < -0.4 is 10.1 Å². The number of hydrogen-bond acceptors (Lipinski definition) is 5. The Hall–Kier alpha value is -1.14. The summed E-state index contributed by atoms with van der Waals surface area (Å²) in [6.45, 7) is 6.75. The van der Waals surface area contributed by atoms with Gasteiger partial charge in [-0.05, 0) is 31.2 Å². The molecular formula is C16H27NO4. The molecule has 5 nitrogen and oxygen atoms in total. The number of benzene rings is 1. The van der Waals surface area contributed by atoms with Crippen LogP contribution in [-0.2, 0) is 16.0 Å². The number of aliphatic hydroxyl groups is 1. The maximum Gasteiger partial charge on any atom is 0.119 e. The molecule has 0 spiro atoms. The first-order chi connectivity index (χ1) is 10.2. The van der Waals surface area contributed by atoms with Crippen molar-refractivity contribution in [1.29, 1.82) is 0 Å². The molecule has 5 heteroatoms. The average Bonchev–Trinajstić information content (AvgIpc) is 2.50. The van der Waals surface area contributed by atoms with E-state index in [1.54, 1.807) is 7.11 Å². The molecule has 1 rings (SSSR count). The van der Waals surface area contributed by atoms with Crippen LogP contribution in [0.3, 0.4) is 0 Å². The molecule has 0 saturated carbocycles. The van der Waals surface area contributed by atoms with Crippen LogP contribution in [0.1, 0.15) is 19.4 Å². The third-order valence-electron chi connectivity index (χ3n) is 2.92. The second kappa shape index (κ2) is 10.6. The Morgan fingerprint density at radius 1 is 1.14 bits per heavy atom. The van der Waals surface area contributed by atoms with E-state index < -0.39 is 6.10 Å². The van der Waals surface area contributed by atoms with Gasteiger partial charge in [-0.15, -0.1) is 0 Å². The zero-order chi connectivity index (χ0) is 15.5. The van der Waals surface area contributed by atoms with Crippen molar-refractivity contribution in [2.24, 2.45) is 0 Å². The van der Waals surface area contributed by atoms with Gasteiger partial charge >= 0.3 is 0 Å². The number of aliphatic hydroxyl groups excluding tert-OH is 1. The van der Waals surface area contributed by atoms with Crippen molar-refractivity contribution in [3.63, 3.8) is 0 Å². The minimum atomic E-state index is -0.647. The molecule has 2 N–H and O–H groups in total. The fourth-order valence-electron chi connectivity index (χ4n) is 1.77. The molecular weight excluding hydrogens is 270 g/mol. The lowest BCUT2D eigenvalue weighted by atomic mass is 10.2. The number of hydrogen-bond donors (Lipinski definition) is 2. The van der Waals surface area contributed by atoms with Crippen molar-refractivity contribution in [3.05, 3.63) is 29.8 Å². The first kappa shape index (κ1) is 17.9. The van der Waals surface area contributed by atoms with Crippen molar-refractivity contribution in [2.75, 3.05) is 33.5 Å². The minimum Gasteiger partial charge on any atom is -0.491 e. The molecule has 0 heterocycles. The largest absolute Gasteiger partial charge is 0.491 e. The fourth-order valence-corrected chi connectivity index (χ4v) is 1.77. The van der Waals surface area contributed by atoms with Gasteiger partial charge in [0.2, 0.25) is 0 Å². The highest BCUT2D eigenvalue weighted by molar-refractivity contribution is 5.27. The van der Waals surface area contributed by atoms with Crippen LogP contribution in [0.5, 0.6) is 5.75 Å². The van der Waals surface area contributed by atoms with Gasteiger partial charge in [0.1, 0.15) is 18.5 Å². The van der Waals surface area contributed by atoms with Gasteiger partial charge in [0.05, 0.1) is 19.3 Å². The topological polar surface area (TPSA) is 60.0 Å². The Morgan fingerprint density at radius 3 is 2.48 bits per heavy atom. The van der Waals surface area contributed by atoms with Crippen LogP contribution >= 0.6 is 0 Å². The summed E-state index contributed by atoms with van der Waals surface area (Å²) >= 11 is 0. The molecule has 1 aromatic rings. The van der Waals surface area contributed by atoms with E-state index >= 15 is 0 Å². The van der Waals surface area contributed by atoms with Crippen LogP contribution in [-0.4, -0.2) is 50.8 Å². The molecule has 0 aromatic heterocycles. The maximum atomic E-state index is 9.80. The zero-order valence-electron chi connectivity index (χ0n) is 13.2. The normalized spacial score (nSPS) is 13.9. The molecule has 0 aliphatic heterocycles. The van der Waals surface area contributed by atoms with E-state index in [9.17, 15) is 5.11 Å². The van der Waals surface area contributed by atoms with Gasteiger partial charge in [-0.2, -0.15) is 0 Å². The van der Waals surface area contributed by atoms with Gasteiger partial charge in [0.15, 0.2) is 0 Å². The monoisotopic (exact) mass is 297 g/mol. The van der Waals surface area contributed by atoms with Crippen molar-refractivity contribution < 1.29 is 19.3 Å². The first-order valence-electron chi connectivity index (χ1n) is 7.36. The minimum absolute atomic E-state index is 0.0324. The predicted octanol–water partition coefficient (Wildman–Crippen LogP) is 1.59. The summed E-state index contributed by atoms with van der Waals surface area (Å²) in [6, 6.07) is 7.85. The highest BCUT2D eigenvalue weighted by Crippen LogP contribution is 2.12. The Balaban J connectivity index is 2.24. The van der Waals surface area contributed by atoms with E-state index in [0.717, 1.165) is 18.8 Å². The van der Waals surface area contributed by atoms with Crippen molar-refractivity contribution in [2.45, 2.75) is 32.6 Å². The molecule has 2 atom stereocenters. The standard InChI is InChI=1S/C16H27NO4/c1-4-17-9-14-5-7-16(8-6-14)21-12-15(18)11-20-13(2)10-19-3/h5-8,13,15,17-18H,4,9-12H2,1-3H3. The lowest BCUT2D eigenvalue weighted by Crippen LogP contribution is -2.27. The molecule has 0 amide bonds. The molecule has 1 aromatic carbocycles. The first-order valence-corrected chi connectivity index (χ1v) is 7.36. The quantitative estimate of drug-likeness (QED) is 0.649. The Bertz CT molecular complexity index is 369. The van der Waals surface area contributed by atoms with Gasteiger partial charge in [-0.3, -0.25) is 0 Å². The third kappa shape index (κ3) is 8.02. The SMILES string of the molecule is CCNCc1ccc(OCC(O)COC(C)COC)cc1. The third-order valence-corrected chi connectivity index (χ3v) is 2.92. The Kier molecular flexibility index (Phi) is 9.01. The summed E-state index contributed by atoms with van der Waals surface area (Å²) in [5.74, 6) is 0.749. The lowest BCUT2D eigenvalue weighted by Gasteiger charge is -2.16. The molecule has 0 bridgehead atoms. The van der Waals surface area contributed by atoms with Crippen molar-refractivity contribution in [3.8, 4) is 5.75 Å². The second-order valence-electron chi connectivity index (χ2n) is 4.99. The molecule has 0 saturated heterocycles. The van der Waals surface area contributed by atoms with Gasteiger partial charge in [-0.25, -0.2) is 0 Å². The molecule has 120 valence electrons. The summed E-state index contributed by atoms with van der Waals surface area (Å²) in [7, 11) is 1.62. The Morgan fingerprint density at radius 2 is 1.86 bits per heavy atom. The fraction of sp³-hybridized carbons (Fsp3) is 0.625. The van der Waals surface area contributed by atoms with Crippen LogP contribution in [0.4, 0.5) is 0 Å². The molecule has 0 aliphatic carbocycles. The summed E-state index contributed by atoms with van der Waals surface area (Å²) in [5, 5.41) is 13.1. The lowest BCUT2D eigenvalue weighted by molar-refractivity contribution is -0.0423. The van der Waals surface area contributed by atoms with Gasteiger partial charge in [0, 0.05) is 13.7 Å². The summed E-state index contributed by atoms with van der Waals surface area (Å²) in [5.41, 5.74) is 1.21. The van der Waals surface area contributed by atoms with Gasteiger partial charge in [-0.1, -0.05) is 19.1 Å². The van der Waals surface area contributed by atoms with Gasteiger partial charge in [0.25, 0.3) is 0 Å². The van der Waals surface area contributed by atoms with Crippen molar-refractivity contribution in [1.82, 2.24) is 5.32 Å². The summed E-state index contributed by atoms with van der Waals surface area (Å²) < 4.78 is 15.9. The summed E-state index contributed by atoms with van der Waals surface area (Å²) in [6.07, 6.45) is -0.680. The summed E-state index contributed by atoms with van der Waals surface area (Å²) in [4.78, 5) is 0. The number of methoxy groups -OCH3 is 1. The highest BCUT2D eigenvalue weighted by atomic mass is 16.5. The number of rotatable bonds is 11. The molecule has 21 heavy (non-hydrogen) atoms. The second-order valence-corrected chi connectivity index (χ2v) is 4.99. The maximum absolute atomic E-state index is 9.80. The molecule has 2 unspecified atom stereocenters. The van der Waals surface area contributed by atoms with E-state index in [2.05, 4.69) is 12.2 Å². The molecule has 0 aliphatic rings. The average molecular weight is 297 g/mol. The van der Waals surface area contributed by atoms with E-state index in [4.69, 9.17) is 14.2 Å². The zero-order valence-corrected chi connectivity index (χ0v) is 13.2. The smallest absolute Gasteiger partial charge is 0.119 e. The van der Waals surface area contributed by atoms with Crippen LogP contribution in [0, 0.1) is 0 Å². The van der Waals surface area contributed by atoms with E-state index in [1.165, 1.54) is 5.56 Å². The number of ether oxygens (including phenoxy) is 3. The van der Waals surface area contributed by atoms with Crippen LogP contribution in [0.25, 0.3) is 0 Å².